The van der Waals surface area contributed by atoms with Crippen molar-refractivity contribution in [2.75, 3.05) is 25.1 Å². The van der Waals surface area contributed by atoms with Gasteiger partial charge in [-0.25, -0.2) is 0 Å². The van der Waals surface area contributed by atoms with Crippen molar-refractivity contribution >= 4 is 27.3 Å². The highest BCUT2D eigenvalue weighted by Crippen LogP contribution is 2.32. The molecule has 6 heteroatoms. The van der Waals surface area contributed by atoms with Crippen LogP contribution in [0, 0.1) is 10.1 Å². The summed E-state index contributed by atoms with van der Waals surface area (Å²) in [6, 6.07) is 5.05. The zero-order valence-corrected chi connectivity index (χ0v) is 13.4. The van der Waals surface area contributed by atoms with Crippen LogP contribution in [0.3, 0.4) is 0 Å². The number of non-ortho nitro benzene ring substituents is 1. The monoisotopic (exact) mass is 342 g/mol. The van der Waals surface area contributed by atoms with Gasteiger partial charge in [0.15, 0.2) is 0 Å². The second-order valence-electron chi connectivity index (χ2n) is 5.38. The first-order valence-corrected chi connectivity index (χ1v) is 7.74. The zero-order valence-electron chi connectivity index (χ0n) is 11.8. The van der Waals surface area contributed by atoms with Crippen molar-refractivity contribution < 1.29 is 9.66 Å². The Bertz CT molecular complexity index is 509. The van der Waals surface area contributed by atoms with Gasteiger partial charge >= 0.3 is 0 Å². The van der Waals surface area contributed by atoms with Gasteiger partial charge in [-0.3, -0.25) is 10.1 Å². The van der Waals surface area contributed by atoms with Gasteiger partial charge in [-0.2, -0.15) is 0 Å². The summed E-state index contributed by atoms with van der Waals surface area (Å²) in [6.07, 6.45) is 2.10. The molecule has 0 N–H and O–H groups in total. The molecule has 2 rings (SSSR count). The first-order chi connectivity index (χ1) is 9.49. The SMILES string of the molecule is COC1(C)CCCN(c2ccc([N+](=O)[O-])cc2CBr)C1. The lowest BCUT2D eigenvalue weighted by Gasteiger charge is -2.41. The van der Waals surface area contributed by atoms with Crippen LogP contribution in [0.2, 0.25) is 0 Å². The Balaban J connectivity index is 2.30. The summed E-state index contributed by atoms with van der Waals surface area (Å²) in [4.78, 5) is 12.8. The average Bonchev–Trinajstić information content (AvgIpc) is 2.46. The zero-order chi connectivity index (χ0) is 14.8. The van der Waals surface area contributed by atoms with E-state index in [-0.39, 0.29) is 16.2 Å². The molecule has 0 aliphatic carbocycles. The van der Waals surface area contributed by atoms with E-state index >= 15 is 0 Å². The predicted molar refractivity (Wildman–Crippen MR) is 82.6 cm³/mol. The number of piperidine rings is 1. The number of nitrogens with zero attached hydrogens (tertiary/aromatic N) is 2. The third-order valence-electron chi connectivity index (χ3n) is 3.91. The normalized spacial score (nSPS) is 22.9. The molecule has 110 valence electrons. The highest BCUT2D eigenvalue weighted by molar-refractivity contribution is 9.08. The average molecular weight is 343 g/mol. The number of ether oxygens (including phenoxy) is 1. The molecule has 1 aliphatic heterocycles. The van der Waals surface area contributed by atoms with Crippen molar-refractivity contribution in [2.24, 2.45) is 0 Å². The van der Waals surface area contributed by atoms with Crippen LogP contribution in [-0.4, -0.2) is 30.7 Å². The van der Waals surface area contributed by atoms with Crippen LogP contribution >= 0.6 is 15.9 Å². The van der Waals surface area contributed by atoms with Gasteiger partial charge in [-0.1, -0.05) is 15.9 Å². The first kappa shape index (κ1) is 15.3. The smallest absolute Gasteiger partial charge is 0.269 e. The Morgan fingerprint density at radius 3 is 2.90 bits per heavy atom. The molecule has 1 aromatic carbocycles. The molecule has 1 atom stereocenters. The summed E-state index contributed by atoms with van der Waals surface area (Å²) < 4.78 is 5.60. The number of methoxy groups -OCH3 is 1. The van der Waals surface area contributed by atoms with E-state index in [2.05, 4.69) is 27.8 Å². The molecule has 0 aromatic heterocycles. The van der Waals surface area contributed by atoms with Crippen LogP contribution in [0.5, 0.6) is 0 Å². The van der Waals surface area contributed by atoms with E-state index in [0.29, 0.717) is 5.33 Å². The molecule has 0 bridgehead atoms. The molecule has 1 heterocycles. The van der Waals surface area contributed by atoms with Crippen LogP contribution in [-0.2, 0) is 10.1 Å². The number of alkyl halides is 1. The van der Waals surface area contributed by atoms with Gasteiger partial charge < -0.3 is 9.64 Å². The van der Waals surface area contributed by atoms with Crippen molar-refractivity contribution in [3.05, 3.63) is 33.9 Å². The quantitative estimate of drug-likeness (QED) is 0.477. The largest absolute Gasteiger partial charge is 0.377 e. The minimum absolute atomic E-state index is 0.134. The van der Waals surface area contributed by atoms with Gasteiger partial charge in [0.25, 0.3) is 5.69 Å². The van der Waals surface area contributed by atoms with Crippen LogP contribution in [0.4, 0.5) is 11.4 Å². The maximum atomic E-state index is 10.9. The second-order valence-corrected chi connectivity index (χ2v) is 5.94. The summed E-state index contributed by atoms with van der Waals surface area (Å²) in [5, 5.41) is 11.5. The molecular formula is C14H19BrN2O3. The standard InChI is InChI=1S/C14H19BrN2O3/c1-14(20-2)6-3-7-16(10-14)13-5-4-12(17(18)19)8-11(13)9-15/h4-5,8H,3,6-7,9-10H2,1-2H3. The minimum atomic E-state index is -0.356. The lowest BCUT2D eigenvalue weighted by Crippen LogP contribution is -2.47. The Morgan fingerprint density at radius 2 is 2.30 bits per heavy atom. The number of halogens is 1. The number of rotatable bonds is 4. The highest BCUT2D eigenvalue weighted by Gasteiger charge is 2.31. The van der Waals surface area contributed by atoms with Gasteiger partial charge in [0.1, 0.15) is 0 Å². The van der Waals surface area contributed by atoms with Crippen molar-refractivity contribution in [1.29, 1.82) is 0 Å². The second kappa shape index (κ2) is 6.10. The fraction of sp³-hybridized carbons (Fsp3) is 0.571. The molecule has 1 fully saturated rings. The molecule has 0 amide bonds. The number of anilines is 1. The van der Waals surface area contributed by atoms with E-state index in [0.717, 1.165) is 37.2 Å². The number of hydrogen-bond donors (Lipinski definition) is 0. The molecule has 0 saturated carbocycles. The van der Waals surface area contributed by atoms with Crippen LogP contribution in [0.15, 0.2) is 18.2 Å². The van der Waals surface area contributed by atoms with Gasteiger partial charge in [-0.15, -0.1) is 0 Å². The highest BCUT2D eigenvalue weighted by atomic mass is 79.9. The van der Waals surface area contributed by atoms with Gasteiger partial charge in [0.2, 0.25) is 0 Å². The summed E-state index contributed by atoms with van der Waals surface area (Å²) in [5.41, 5.74) is 1.98. The summed E-state index contributed by atoms with van der Waals surface area (Å²) in [6.45, 7) is 3.87. The van der Waals surface area contributed by atoms with Gasteiger partial charge in [0, 0.05) is 43.3 Å². The number of nitro groups is 1. The van der Waals surface area contributed by atoms with Crippen LogP contribution in [0.1, 0.15) is 25.3 Å². The van der Waals surface area contributed by atoms with E-state index in [1.807, 2.05) is 6.07 Å². The van der Waals surface area contributed by atoms with Gasteiger partial charge in [0.05, 0.1) is 10.5 Å². The van der Waals surface area contributed by atoms with Crippen molar-refractivity contribution in [3.8, 4) is 0 Å². The lowest BCUT2D eigenvalue weighted by atomic mass is 9.94. The Labute approximate surface area is 127 Å². The van der Waals surface area contributed by atoms with E-state index in [9.17, 15) is 10.1 Å². The maximum Gasteiger partial charge on any atom is 0.269 e. The topological polar surface area (TPSA) is 55.6 Å². The van der Waals surface area contributed by atoms with Crippen LogP contribution in [0.25, 0.3) is 0 Å². The van der Waals surface area contributed by atoms with E-state index < -0.39 is 0 Å². The fourth-order valence-corrected chi connectivity index (χ4v) is 3.13. The fourth-order valence-electron chi connectivity index (χ4n) is 2.68. The molecular weight excluding hydrogens is 324 g/mol. The van der Waals surface area contributed by atoms with Gasteiger partial charge in [-0.05, 0) is 31.4 Å². The Kier molecular flexibility index (Phi) is 4.65. The van der Waals surface area contributed by atoms with Crippen molar-refractivity contribution in [2.45, 2.75) is 30.7 Å². The van der Waals surface area contributed by atoms with Crippen LogP contribution < -0.4 is 4.90 Å². The molecule has 0 spiro atoms. The summed E-state index contributed by atoms with van der Waals surface area (Å²) in [5.74, 6) is 0. The number of hydrogen-bond acceptors (Lipinski definition) is 4. The Hall–Kier alpha value is -1.14. The minimum Gasteiger partial charge on any atom is -0.377 e. The number of nitro benzene ring substituents is 1. The first-order valence-electron chi connectivity index (χ1n) is 6.62. The van der Waals surface area contributed by atoms with E-state index in [4.69, 9.17) is 4.74 Å². The number of benzene rings is 1. The third kappa shape index (κ3) is 3.12. The third-order valence-corrected chi connectivity index (χ3v) is 4.51. The van der Waals surface area contributed by atoms with Crippen molar-refractivity contribution in [3.63, 3.8) is 0 Å². The van der Waals surface area contributed by atoms with E-state index in [1.165, 1.54) is 0 Å². The molecule has 1 aliphatic rings. The molecule has 0 radical (unpaired) electrons. The van der Waals surface area contributed by atoms with Crippen molar-refractivity contribution in [1.82, 2.24) is 0 Å². The Morgan fingerprint density at radius 1 is 1.55 bits per heavy atom. The summed E-state index contributed by atoms with van der Waals surface area (Å²) >= 11 is 3.42. The molecule has 1 unspecified atom stereocenters. The molecule has 20 heavy (non-hydrogen) atoms. The molecule has 5 nitrogen and oxygen atoms in total. The van der Waals surface area contributed by atoms with E-state index in [1.54, 1.807) is 19.2 Å². The predicted octanol–water partition coefficient (Wildman–Crippen LogP) is 3.50. The lowest BCUT2D eigenvalue weighted by molar-refractivity contribution is -0.384. The molecule has 1 saturated heterocycles. The summed E-state index contributed by atoms with van der Waals surface area (Å²) in [7, 11) is 1.74. The molecule has 1 aromatic rings. The maximum absolute atomic E-state index is 10.9.